The Balaban J connectivity index is 1.49. The summed E-state index contributed by atoms with van der Waals surface area (Å²) in [5.41, 5.74) is 1.47. The van der Waals surface area contributed by atoms with Crippen LogP contribution in [-0.2, 0) is 4.74 Å². The van der Waals surface area contributed by atoms with Crippen LogP contribution in [0.2, 0.25) is 0 Å². The van der Waals surface area contributed by atoms with E-state index in [0.29, 0.717) is 17.4 Å². The molecule has 1 unspecified atom stereocenters. The van der Waals surface area contributed by atoms with Gasteiger partial charge in [-0.25, -0.2) is 0 Å². The smallest absolute Gasteiger partial charge is 0.252 e. The molecule has 7 heteroatoms. The van der Waals surface area contributed by atoms with Crippen molar-refractivity contribution in [2.45, 2.75) is 25.2 Å². The van der Waals surface area contributed by atoms with E-state index < -0.39 is 0 Å². The van der Waals surface area contributed by atoms with Gasteiger partial charge in [0.25, 0.3) is 5.91 Å². The van der Waals surface area contributed by atoms with Crippen LogP contribution in [0.25, 0.3) is 5.65 Å². The number of carbonyl (C=O) groups excluding carboxylic acids is 1. The molecule has 0 bridgehead atoms. The number of fused-ring (bicyclic) bond motifs is 1. The maximum Gasteiger partial charge on any atom is 0.252 e. The van der Waals surface area contributed by atoms with Gasteiger partial charge in [-0.2, -0.15) is 0 Å². The van der Waals surface area contributed by atoms with E-state index in [9.17, 15) is 4.79 Å². The molecule has 134 valence electrons. The average Bonchev–Trinajstić information content (AvgIpc) is 3.18. The van der Waals surface area contributed by atoms with Gasteiger partial charge in [0, 0.05) is 38.9 Å². The fourth-order valence-corrected chi connectivity index (χ4v) is 3.45. The first kappa shape index (κ1) is 16.5. The summed E-state index contributed by atoms with van der Waals surface area (Å²) >= 11 is 0. The molecule has 1 amide bonds. The number of likely N-dealkylation sites (tertiary alicyclic amines) is 1. The Morgan fingerprint density at radius 2 is 2.20 bits per heavy atom. The highest BCUT2D eigenvalue weighted by Crippen LogP contribution is 2.28. The predicted octanol–water partition coefficient (Wildman–Crippen LogP) is 1.30. The summed E-state index contributed by atoms with van der Waals surface area (Å²) in [4.78, 5) is 14.7. The molecule has 1 atom stereocenters. The molecule has 1 N–H and O–H groups in total. The van der Waals surface area contributed by atoms with E-state index in [1.807, 2.05) is 22.7 Å². The number of methoxy groups -OCH3 is 1. The van der Waals surface area contributed by atoms with Gasteiger partial charge in [-0.05, 0) is 43.9 Å². The molecule has 0 radical (unpaired) electrons. The molecule has 25 heavy (non-hydrogen) atoms. The van der Waals surface area contributed by atoms with Crippen molar-refractivity contribution < 1.29 is 9.53 Å². The lowest BCUT2D eigenvalue weighted by Crippen LogP contribution is -2.26. The van der Waals surface area contributed by atoms with Crippen LogP contribution in [-0.4, -0.2) is 65.3 Å². The summed E-state index contributed by atoms with van der Waals surface area (Å²) in [6, 6.07) is 3.70. The van der Waals surface area contributed by atoms with Crippen LogP contribution in [0.4, 0.5) is 0 Å². The van der Waals surface area contributed by atoms with Crippen molar-refractivity contribution in [1.29, 1.82) is 0 Å². The summed E-state index contributed by atoms with van der Waals surface area (Å²) in [7, 11) is 1.73. The molecule has 0 aromatic carbocycles. The van der Waals surface area contributed by atoms with Crippen molar-refractivity contribution in [2.75, 3.05) is 39.9 Å². The van der Waals surface area contributed by atoms with Crippen LogP contribution < -0.4 is 5.32 Å². The van der Waals surface area contributed by atoms with E-state index in [-0.39, 0.29) is 5.91 Å². The highest BCUT2D eigenvalue weighted by Gasteiger charge is 2.27. The zero-order chi connectivity index (χ0) is 17.2. The van der Waals surface area contributed by atoms with Crippen molar-refractivity contribution in [2.24, 2.45) is 5.92 Å². The van der Waals surface area contributed by atoms with Crippen LogP contribution in [0.15, 0.2) is 18.3 Å². The molecule has 3 heterocycles. The van der Waals surface area contributed by atoms with Gasteiger partial charge in [0.15, 0.2) is 5.65 Å². The summed E-state index contributed by atoms with van der Waals surface area (Å²) in [6.45, 7) is 4.48. The summed E-state index contributed by atoms with van der Waals surface area (Å²) in [5, 5.41) is 11.7. The van der Waals surface area contributed by atoms with Crippen LogP contribution in [0.3, 0.4) is 0 Å². The normalized spacial score (nSPS) is 21.1. The molecule has 2 aromatic heterocycles. The maximum atomic E-state index is 12.4. The Labute approximate surface area is 147 Å². The quantitative estimate of drug-likeness (QED) is 0.821. The van der Waals surface area contributed by atoms with Crippen molar-refractivity contribution in [3.63, 3.8) is 0 Å². The third kappa shape index (κ3) is 3.67. The van der Waals surface area contributed by atoms with E-state index in [1.54, 1.807) is 7.11 Å². The van der Waals surface area contributed by atoms with Crippen molar-refractivity contribution in [3.05, 3.63) is 29.7 Å². The van der Waals surface area contributed by atoms with Crippen LogP contribution in [0, 0.1) is 5.92 Å². The second-order valence-corrected chi connectivity index (χ2v) is 7.14. The van der Waals surface area contributed by atoms with Gasteiger partial charge in [-0.1, -0.05) is 0 Å². The predicted molar refractivity (Wildman–Crippen MR) is 93.7 cm³/mol. The highest BCUT2D eigenvalue weighted by atomic mass is 16.5. The zero-order valence-electron chi connectivity index (χ0n) is 14.6. The van der Waals surface area contributed by atoms with Crippen LogP contribution in [0.5, 0.6) is 0 Å². The first-order valence-corrected chi connectivity index (χ1v) is 9.09. The lowest BCUT2D eigenvalue weighted by Gasteiger charge is -2.14. The minimum absolute atomic E-state index is 0.0124. The fraction of sp³-hybridized carbons (Fsp3) is 0.611. The zero-order valence-corrected chi connectivity index (χ0v) is 14.6. The second-order valence-electron chi connectivity index (χ2n) is 7.14. The molecule has 2 aliphatic rings. The first-order valence-electron chi connectivity index (χ1n) is 9.09. The highest BCUT2D eigenvalue weighted by molar-refractivity contribution is 5.94. The minimum atomic E-state index is -0.0124. The molecule has 7 nitrogen and oxygen atoms in total. The number of carbonyl (C=O) groups is 1. The van der Waals surface area contributed by atoms with E-state index in [2.05, 4.69) is 20.4 Å². The molecule has 1 aliphatic heterocycles. The van der Waals surface area contributed by atoms with Gasteiger partial charge < -0.3 is 15.0 Å². The Bertz CT molecular complexity index is 755. The molecule has 1 aliphatic carbocycles. The minimum Gasteiger partial charge on any atom is -0.383 e. The third-order valence-electron chi connectivity index (χ3n) is 5.19. The van der Waals surface area contributed by atoms with Gasteiger partial charge in [-0.3, -0.25) is 9.20 Å². The van der Waals surface area contributed by atoms with E-state index in [4.69, 9.17) is 4.74 Å². The van der Waals surface area contributed by atoms with Crippen LogP contribution >= 0.6 is 0 Å². The number of nitrogens with one attached hydrogen (secondary N) is 1. The van der Waals surface area contributed by atoms with Gasteiger partial charge in [0.2, 0.25) is 0 Å². The molecule has 1 saturated carbocycles. The SMILES string of the molecule is COCCN1CCC(c2nnc3ccc(C(=O)NCC4CC4)cn23)C1. The van der Waals surface area contributed by atoms with Gasteiger partial charge >= 0.3 is 0 Å². The fourth-order valence-electron chi connectivity index (χ4n) is 3.45. The Kier molecular flexibility index (Phi) is 4.67. The second kappa shape index (κ2) is 7.09. The standard InChI is InChI=1S/C18H25N5O2/c1-25-9-8-22-7-6-14(11-22)17-21-20-16-5-4-15(12-23(16)17)18(24)19-10-13-2-3-13/h4-5,12-14H,2-3,6-11H2,1H3,(H,19,24). The monoisotopic (exact) mass is 343 g/mol. The van der Waals surface area contributed by atoms with E-state index in [1.165, 1.54) is 12.8 Å². The molecule has 2 fully saturated rings. The summed E-state index contributed by atoms with van der Waals surface area (Å²) < 4.78 is 7.15. The first-order chi connectivity index (χ1) is 12.2. The van der Waals surface area contributed by atoms with E-state index >= 15 is 0 Å². The molecule has 4 rings (SSSR count). The number of hydrogen-bond acceptors (Lipinski definition) is 5. The van der Waals surface area contributed by atoms with Gasteiger partial charge in [0.05, 0.1) is 12.2 Å². The number of rotatable bonds is 7. The van der Waals surface area contributed by atoms with Crippen molar-refractivity contribution in [3.8, 4) is 0 Å². The topological polar surface area (TPSA) is 71.8 Å². The number of ether oxygens (including phenoxy) is 1. The number of aromatic nitrogens is 3. The molecule has 2 aromatic rings. The number of amides is 1. The Hall–Kier alpha value is -1.99. The lowest BCUT2D eigenvalue weighted by atomic mass is 10.1. The van der Waals surface area contributed by atoms with E-state index in [0.717, 1.165) is 50.7 Å². The van der Waals surface area contributed by atoms with Gasteiger partial charge in [0.1, 0.15) is 5.82 Å². The number of pyridine rings is 1. The Morgan fingerprint density at radius 3 is 3.00 bits per heavy atom. The summed E-state index contributed by atoms with van der Waals surface area (Å²) in [5.74, 6) is 1.96. The van der Waals surface area contributed by atoms with Crippen LogP contribution in [0.1, 0.15) is 41.4 Å². The number of hydrogen-bond donors (Lipinski definition) is 1. The van der Waals surface area contributed by atoms with Crippen molar-refractivity contribution in [1.82, 2.24) is 24.8 Å². The average molecular weight is 343 g/mol. The third-order valence-corrected chi connectivity index (χ3v) is 5.19. The molecule has 1 saturated heterocycles. The largest absolute Gasteiger partial charge is 0.383 e. The van der Waals surface area contributed by atoms with Crippen molar-refractivity contribution >= 4 is 11.6 Å². The maximum absolute atomic E-state index is 12.4. The molecular weight excluding hydrogens is 318 g/mol. The Morgan fingerprint density at radius 1 is 1.32 bits per heavy atom. The molecule has 0 spiro atoms. The lowest BCUT2D eigenvalue weighted by molar-refractivity contribution is 0.0951. The molecular formula is C18H25N5O2. The summed E-state index contributed by atoms with van der Waals surface area (Å²) in [6.07, 6.45) is 5.40. The van der Waals surface area contributed by atoms with Gasteiger partial charge in [-0.15, -0.1) is 10.2 Å². The number of nitrogens with zero attached hydrogens (tertiary/aromatic N) is 4.